The molecule has 0 bridgehead atoms. The highest BCUT2D eigenvalue weighted by Crippen LogP contribution is 2.37. The molecule has 1 saturated carbocycles. The van der Waals surface area contributed by atoms with Crippen molar-refractivity contribution in [1.29, 1.82) is 5.26 Å². The standard InChI is InChI=1S/C11H20N2/c1-4-13-11(8-12)7-5-6-9(2)10(11)3/h9-10,13H,4-7H2,1-3H3. The summed E-state index contributed by atoms with van der Waals surface area (Å²) in [6.07, 6.45) is 3.48. The second-order valence-corrected chi connectivity index (χ2v) is 4.27. The van der Waals surface area contributed by atoms with E-state index in [4.69, 9.17) is 0 Å². The molecule has 13 heavy (non-hydrogen) atoms. The summed E-state index contributed by atoms with van der Waals surface area (Å²) >= 11 is 0. The lowest BCUT2D eigenvalue weighted by Crippen LogP contribution is -2.53. The number of nitrogens with zero attached hydrogens (tertiary/aromatic N) is 1. The normalized spacial score (nSPS) is 39.8. The van der Waals surface area contributed by atoms with E-state index in [1.54, 1.807) is 0 Å². The Morgan fingerprint density at radius 3 is 2.77 bits per heavy atom. The van der Waals surface area contributed by atoms with Gasteiger partial charge in [-0.05, 0) is 24.8 Å². The zero-order chi connectivity index (χ0) is 9.90. The zero-order valence-electron chi connectivity index (χ0n) is 8.93. The van der Waals surface area contributed by atoms with E-state index >= 15 is 0 Å². The van der Waals surface area contributed by atoms with Crippen LogP contribution in [0.15, 0.2) is 0 Å². The fourth-order valence-electron chi connectivity index (χ4n) is 2.43. The number of rotatable bonds is 2. The summed E-state index contributed by atoms with van der Waals surface area (Å²) in [4.78, 5) is 0. The molecule has 0 heterocycles. The fraction of sp³-hybridized carbons (Fsp3) is 0.909. The molecule has 2 nitrogen and oxygen atoms in total. The quantitative estimate of drug-likeness (QED) is 0.708. The number of hydrogen-bond donors (Lipinski definition) is 1. The van der Waals surface area contributed by atoms with E-state index < -0.39 is 0 Å². The van der Waals surface area contributed by atoms with Crippen LogP contribution in [-0.4, -0.2) is 12.1 Å². The number of nitrogens with one attached hydrogen (secondary N) is 1. The predicted molar refractivity (Wildman–Crippen MR) is 54.2 cm³/mol. The van der Waals surface area contributed by atoms with Gasteiger partial charge in [0.05, 0.1) is 6.07 Å². The Kier molecular flexibility index (Phi) is 3.33. The summed E-state index contributed by atoms with van der Waals surface area (Å²) < 4.78 is 0. The van der Waals surface area contributed by atoms with Crippen molar-refractivity contribution in [3.05, 3.63) is 0 Å². The second-order valence-electron chi connectivity index (χ2n) is 4.27. The average Bonchev–Trinajstić information content (AvgIpc) is 2.13. The van der Waals surface area contributed by atoms with Crippen LogP contribution in [0.2, 0.25) is 0 Å². The first-order valence-corrected chi connectivity index (χ1v) is 5.32. The van der Waals surface area contributed by atoms with Gasteiger partial charge in [0, 0.05) is 0 Å². The minimum atomic E-state index is -0.244. The minimum Gasteiger partial charge on any atom is -0.299 e. The van der Waals surface area contributed by atoms with E-state index in [2.05, 4.69) is 32.2 Å². The molecule has 1 aliphatic carbocycles. The van der Waals surface area contributed by atoms with Crippen LogP contribution in [0.25, 0.3) is 0 Å². The lowest BCUT2D eigenvalue weighted by molar-refractivity contribution is 0.155. The average molecular weight is 180 g/mol. The van der Waals surface area contributed by atoms with Crippen LogP contribution in [0.5, 0.6) is 0 Å². The van der Waals surface area contributed by atoms with E-state index in [1.807, 2.05) is 0 Å². The highest BCUT2D eigenvalue weighted by molar-refractivity contribution is 5.12. The maximum absolute atomic E-state index is 9.25. The molecule has 0 aromatic heterocycles. The molecule has 1 N–H and O–H groups in total. The number of hydrogen-bond acceptors (Lipinski definition) is 2. The van der Waals surface area contributed by atoms with E-state index in [1.165, 1.54) is 12.8 Å². The highest BCUT2D eigenvalue weighted by atomic mass is 15.0. The lowest BCUT2D eigenvalue weighted by Gasteiger charge is -2.41. The fourth-order valence-corrected chi connectivity index (χ4v) is 2.43. The van der Waals surface area contributed by atoms with Crippen molar-refractivity contribution in [2.75, 3.05) is 6.54 Å². The predicted octanol–water partition coefficient (Wildman–Crippen LogP) is 2.31. The van der Waals surface area contributed by atoms with Gasteiger partial charge in [-0.15, -0.1) is 0 Å². The first-order valence-electron chi connectivity index (χ1n) is 5.32. The van der Waals surface area contributed by atoms with Crippen molar-refractivity contribution in [3.63, 3.8) is 0 Å². The van der Waals surface area contributed by atoms with E-state index in [9.17, 15) is 5.26 Å². The van der Waals surface area contributed by atoms with Crippen molar-refractivity contribution >= 4 is 0 Å². The van der Waals surface area contributed by atoms with Gasteiger partial charge < -0.3 is 0 Å². The molecule has 0 radical (unpaired) electrons. The van der Waals surface area contributed by atoms with Gasteiger partial charge in [-0.3, -0.25) is 5.32 Å². The number of nitriles is 1. The van der Waals surface area contributed by atoms with Gasteiger partial charge in [-0.25, -0.2) is 0 Å². The summed E-state index contributed by atoms with van der Waals surface area (Å²) in [5.41, 5.74) is -0.244. The molecule has 0 aromatic carbocycles. The molecule has 74 valence electrons. The van der Waals surface area contributed by atoms with E-state index in [0.717, 1.165) is 13.0 Å². The van der Waals surface area contributed by atoms with Crippen LogP contribution >= 0.6 is 0 Å². The lowest BCUT2D eigenvalue weighted by atomic mass is 9.69. The SMILES string of the molecule is CCNC1(C#N)CCCC(C)C1C. The van der Waals surface area contributed by atoms with Crippen molar-refractivity contribution < 1.29 is 0 Å². The third kappa shape index (κ3) is 1.86. The Labute approximate surface area is 81.3 Å². The molecule has 3 unspecified atom stereocenters. The molecule has 1 aliphatic rings. The van der Waals surface area contributed by atoms with Gasteiger partial charge in [0.15, 0.2) is 0 Å². The summed E-state index contributed by atoms with van der Waals surface area (Å²) in [5, 5.41) is 12.6. The van der Waals surface area contributed by atoms with Gasteiger partial charge in [0.25, 0.3) is 0 Å². The smallest absolute Gasteiger partial charge is 0.109 e. The molecule has 1 fully saturated rings. The van der Waals surface area contributed by atoms with Gasteiger partial charge >= 0.3 is 0 Å². The molecule has 0 aliphatic heterocycles. The van der Waals surface area contributed by atoms with Gasteiger partial charge in [-0.2, -0.15) is 5.26 Å². The second kappa shape index (κ2) is 4.11. The Morgan fingerprint density at radius 2 is 2.23 bits per heavy atom. The first-order chi connectivity index (χ1) is 6.16. The van der Waals surface area contributed by atoms with Crippen LogP contribution < -0.4 is 5.32 Å². The van der Waals surface area contributed by atoms with Crippen LogP contribution in [0, 0.1) is 23.2 Å². The molecular formula is C11H20N2. The molecule has 0 aromatic rings. The van der Waals surface area contributed by atoms with Crippen molar-refractivity contribution in [2.45, 2.75) is 45.6 Å². The zero-order valence-corrected chi connectivity index (χ0v) is 8.93. The monoisotopic (exact) mass is 180 g/mol. The molecule has 0 amide bonds. The summed E-state index contributed by atoms with van der Waals surface area (Å²) in [5.74, 6) is 1.15. The highest BCUT2D eigenvalue weighted by Gasteiger charge is 2.40. The van der Waals surface area contributed by atoms with Gasteiger partial charge in [0.2, 0.25) is 0 Å². The van der Waals surface area contributed by atoms with Gasteiger partial charge in [0.1, 0.15) is 5.54 Å². The summed E-state index contributed by atoms with van der Waals surface area (Å²) in [6, 6.07) is 2.49. The Bertz CT molecular complexity index is 203. The van der Waals surface area contributed by atoms with Gasteiger partial charge in [-0.1, -0.05) is 33.6 Å². The van der Waals surface area contributed by atoms with Crippen molar-refractivity contribution in [1.82, 2.24) is 5.32 Å². The first kappa shape index (κ1) is 10.5. The van der Waals surface area contributed by atoms with Crippen LogP contribution in [0.1, 0.15) is 40.0 Å². The Morgan fingerprint density at radius 1 is 1.54 bits per heavy atom. The maximum Gasteiger partial charge on any atom is 0.109 e. The molecule has 2 heteroatoms. The Hall–Kier alpha value is -0.550. The summed E-state index contributed by atoms with van der Waals surface area (Å²) in [6.45, 7) is 7.43. The van der Waals surface area contributed by atoms with Crippen LogP contribution in [-0.2, 0) is 0 Å². The van der Waals surface area contributed by atoms with Crippen molar-refractivity contribution in [3.8, 4) is 6.07 Å². The molecule has 0 saturated heterocycles. The largest absolute Gasteiger partial charge is 0.299 e. The molecule has 0 spiro atoms. The third-order valence-corrected chi connectivity index (χ3v) is 3.55. The van der Waals surface area contributed by atoms with Crippen LogP contribution in [0.3, 0.4) is 0 Å². The minimum absolute atomic E-state index is 0.244. The summed E-state index contributed by atoms with van der Waals surface area (Å²) in [7, 11) is 0. The topological polar surface area (TPSA) is 35.8 Å². The van der Waals surface area contributed by atoms with E-state index in [0.29, 0.717) is 11.8 Å². The van der Waals surface area contributed by atoms with E-state index in [-0.39, 0.29) is 5.54 Å². The van der Waals surface area contributed by atoms with Crippen molar-refractivity contribution in [2.24, 2.45) is 11.8 Å². The third-order valence-electron chi connectivity index (χ3n) is 3.55. The van der Waals surface area contributed by atoms with Crippen LogP contribution in [0.4, 0.5) is 0 Å². The molecular weight excluding hydrogens is 160 g/mol. The maximum atomic E-state index is 9.25. The molecule has 1 rings (SSSR count). The Balaban J connectivity index is 2.78. The molecule has 3 atom stereocenters.